The molecular weight excluding hydrogens is 272 g/mol. The quantitative estimate of drug-likeness (QED) is 0.871. The number of nitrogens with one attached hydrogen (secondary N) is 1. The highest BCUT2D eigenvalue weighted by Gasteiger charge is 2.24. The largest absolute Gasteiger partial charge is 0.311 e. The van der Waals surface area contributed by atoms with Crippen molar-refractivity contribution in [2.24, 2.45) is 5.92 Å². The predicted octanol–water partition coefficient (Wildman–Crippen LogP) is 1.92. The summed E-state index contributed by atoms with van der Waals surface area (Å²) in [5.74, 6) is 0.640. The third-order valence-electron chi connectivity index (χ3n) is 4.52. The topological polar surface area (TPSA) is 42.3 Å². The predicted molar refractivity (Wildman–Crippen MR) is 90.6 cm³/mol. The highest BCUT2D eigenvalue weighted by Crippen LogP contribution is 2.13. The van der Waals surface area contributed by atoms with E-state index < -0.39 is 0 Å². The molecule has 0 aromatic heterocycles. The summed E-state index contributed by atoms with van der Waals surface area (Å²) in [6, 6.07) is 10.6. The van der Waals surface area contributed by atoms with Crippen LogP contribution >= 0.6 is 0 Å². The van der Waals surface area contributed by atoms with E-state index in [9.17, 15) is 0 Å². The van der Waals surface area contributed by atoms with Gasteiger partial charge in [-0.25, -0.2) is 0 Å². The normalized spacial score (nSPS) is 18.3. The Hall–Kier alpha value is -1.41. The van der Waals surface area contributed by atoms with Crippen LogP contribution in [-0.4, -0.2) is 55.6 Å². The van der Waals surface area contributed by atoms with Gasteiger partial charge in [0, 0.05) is 45.3 Å². The van der Waals surface area contributed by atoms with E-state index in [1.54, 1.807) is 0 Å². The summed E-state index contributed by atoms with van der Waals surface area (Å²) in [5, 5.41) is 12.5. The number of benzene rings is 1. The molecule has 0 aliphatic carbocycles. The molecule has 4 nitrogen and oxygen atoms in total. The lowest BCUT2D eigenvalue weighted by Crippen LogP contribution is -2.53. The highest BCUT2D eigenvalue weighted by atomic mass is 15.3. The number of piperazine rings is 1. The monoisotopic (exact) mass is 300 g/mol. The van der Waals surface area contributed by atoms with Crippen molar-refractivity contribution in [1.29, 1.82) is 5.26 Å². The summed E-state index contributed by atoms with van der Waals surface area (Å²) in [6.45, 7) is 11.1. The van der Waals surface area contributed by atoms with Crippen LogP contribution in [0.1, 0.15) is 25.0 Å². The Labute approximate surface area is 134 Å². The van der Waals surface area contributed by atoms with Crippen LogP contribution in [0.3, 0.4) is 0 Å². The molecule has 1 N–H and O–H groups in total. The Balaban J connectivity index is 1.85. The van der Waals surface area contributed by atoms with Crippen LogP contribution in [0.25, 0.3) is 0 Å². The van der Waals surface area contributed by atoms with Gasteiger partial charge in [-0.15, -0.1) is 0 Å². The summed E-state index contributed by atoms with van der Waals surface area (Å²) in [4.78, 5) is 5.01. The number of nitrogens with zero attached hydrogens (tertiary/aromatic N) is 3. The van der Waals surface area contributed by atoms with Crippen LogP contribution < -0.4 is 5.32 Å². The molecule has 1 aliphatic heterocycles. The van der Waals surface area contributed by atoms with E-state index in [4.69, 9.17) is 5.26 Å². The molecular formula is C18H28N4. The van der Waals surface area contributed by atoms with Crippen molar-refractivity contribution in [1.82, 2.24) is 15.1 Å². The van der Waals surface area contributed by atoms with Gasteiger partial charge in [-0.05, 0) is 30.7 Å². The Morgan fingerprint density at radius 2 is 1.95 bits per heavy atom. The number of likely N-dealkylation sites (N-methyl/N-ethyl adjacent to an activating group) is 1. The van der Waals surface area contributed by atoms with Crippen molar-refractivity contribution >= 4 is 0 Å². The number of rotatable bonds is 6. The molecule has 1 aliphatic rings. The van der Waals surface area contributed by atoms with Gasteiger partial charge >= 0.3 is 0 Å². The Morgan fingerprint density at radius 1 is 1.23 bits per heavy atom. The van der Waals surface area contributed by atoms with Gasteiger partial charge in [-0.3, -0.25) is 4.90 Å². The average molecular weight is 300 g/mol. The first-order valence-corrected chi connectivity index (χ1v) is 8.22. The minimum absolute atomic E-state index is 0.577. The first-order valence-electron chi connectivity index (χ1n) is 8.22. The molecule has 0 spiro atoms. The Bertz CT molecular complexity index is 498. The molecule has 1 atom stereocenters. The molecule has 0 unspecified atom stereocenters. The molecule has 0 amide bonds. The zero-order valence-corrected chi connectivity index (χ0v) is 14.0. The van der Waals surface area contributed by atoms with Crippen LogP contribution in [0.15, 0.2) is 24.3 Å². The van der Waals surface area contributed by atoms with Crippen LogP contribution in [0.5, 0.6) is 0 Å². The summed E-state index contributed by atoms with van der Waals surface area (Å²) in [6.07, 6.45) is 0. The van der Waals surface area contributed by atoms with Crippen molar-refractivity contribution in [3.8, 4) is 6.07 Å². The van der Waals surface area contributed by atoms with Gasteiger partial charge < -0.3 is 10.2 Å². The molecule has 0 radical (unpaired) electrons. The first-order chi connectivity index (χ1) is 10.6. The highest BCUT2D eigenvalue weighted by molar-refractivity contribution is 5.32. The van der Waals surface area contributed by atoms with E-state index in [1.807, 2.05) is 18.2 Å². The van der Waals surface area contributed by atoms with E-state index in [1.165, 1.54) is 5.56 Å². The van der Waals surface area contributed by atoms with E-state index >= 15 is 0 Å². The second-order valence-corrected chi connectivity index (χ2v) is 6.59. The molecule has 0 bridgehead atoms. The van der Waals surface area contributed by atoms with E-state index in [0.717, 1.165) is 44.8 Å². The zero-order valence-electron chi connectivity index (χ0n) is 14.0. The maximum Gasteiger partial charge on any atom is 0.0991 e. The molecule has 0 saturated carbocycles. The minimum atomic E-state index is 0.577. The SMILES string of the molecule is CC(C)[C@@H](CNCc1cccc(C#N)c1)N1CCN(C)CC1. The van der Waals surface area contributed by atoms with Crippen LogP contribution in [-0.2, 0) is 6.54 Å². The molecule has 22 heavy (non-hydrogen) atoms. The number of hydrogen-bond acceptors (Lipinski definition) is 4. The van der Waals surface area contributed by atoms with Crippen LogP contribution in [0.4, 0.5) is 0 Å². The summed E-state index contributed by atoms with van der Waals surface area (Å²) in [7, 11) is 2.20. The maximum atomic E-state index is 8.96. The maximum absolute atomic E-state index is 8.96. The molecule has 4 heteroatoms. The minimum Gasteiger partial charge on any atom is -0.311 e. The number of nitriles is 1. The van der Waals surface area contributed by atoms with Gasteiger partial charge in [0.25, 0.3) is 0 Å². The van der Waals surface area contributed by atoms with Crippen LogP contribution in [0.2, 0.25) is 0 Å². The number of hydrogen-bond donors (Lipinski definition) is 1. The fourth-order valence-corrected chi connectivity index (χ4v) is 3.06. The van der Waals surface area contributed by atoms with E-state index in [2.05, 4.69) is 48.1 Å². The molecule has 1 aromatic rings. The van der Waals surface area contributed by atoms with Gasteiger partial charge in [-0.2, -0.15) is 5.26 Å². The summed E-state index contributed by atoms with van der Waals surface area (Å²) >= 11 is 0. The second-order valence-electron chi connectivity index (χ2n) is 6.59. The Kier molecular flexibility index (Phi) is 6.38. The lowest BCUT2D eigenvalue weighted by atomic mass is 10.0. The van der Waals surface area contributed by atoms with Crippen molar-refractivity contribution in [2.45, 2.75) is 26.4 Å². The third kappa shape index (κ3) is 4.81. The van der Waals surface area contributed by atoms with Crippen molar-refractivity contribution < 1.29 is 0 Å². The lowest BCUT2D eigenvalue weighted by Gasteiger charge is -2.40. The summed E-state index contributed by atoms with van der Waals surface area (Å²) in [5.41, 5.74) is 1.92. The van der Waals surface area contributed by atoms with Crippen molar-refractivity contribution in [3.63, 3.8) is 0 Å². The molecule has 120 valence electrons. The second kappa shape index (κ2) is 8.28. The third-order valence-corrected chi connectivity index (χ3v) is 4.52. The first kappa shape index (κ1) is 17.0. The molecule has 1 heterocycles. The zero-order chi connectivity index (χ0) is 15.9. The van der Waals surface area contributed by atoms with Crippen molar-refractivity contribution in [3.05, 3.63) is 35.4 Å². The van der Waals surface area contributed by atoms with Gasteiger partial charge in [0.05, 0.1) is 11.6 Å². The average Bonchev–Trinajstić information content (AvgIpc) is 2.52. The van der Waals surface area contributed by atoms with E-state index in [0.29, 0.717) is 12.0 Å². The molecule has 1 fully saturated rings. The van der Waals surface area contributed by atoms with Gasteiger partial charge in [0.15, 0.2) is 0 Å². The van der Waals surface area contributed by atoms with Gasteiger partial charge in [0.1, 0.15) is 0 Å². The van der Waals surface area contributed by atoms with Gasteiger partial charge in [-0.1, -0.05) is 26.0 Å². The van der Waals surface area contributed by atoms with Crippen molar-refractivity contribution in [2.75, 3.05) is 39.8 Å². The molecule has 1 aromatic carbocycles. The fraction of sp³-hybridized carbons (Fsp3) is 0.611. The fourth-order valence-electron chi connectivity index (χ4n) is 3.06. The van der Waals surface area contributed by atoms with Crippen LogP contribution in [0, 0.1) is 17.2 Å². The van der Waals surface area contributed by atoms with E-state index in [-0.39, 0.29) is 0 Å². The smallest absolute Gasteiger partial charge is 0.0991 e. The standard InChI is InChI=1S/C18H28N4/c1-15(2)18(22-9-7-21(3)8-10-22)14-20-13-17-6-4-5-16(11-17)12-19/h4-6,11,15,18,20H,7-10,13-14H2,1-3H3/t18-/m1/s1. The molecule has 2 rings (SSSR count). The Morgan fingerprint density at radius 3 is 2.59 bits per heavy atom. The lowest BCUT2D eigenvalue weighted by molar-refractivity contribution is 0.0875. The summed E-state index contributed by atoms with van der Waals surface area (Å²) < 4.78 is 0. The van der Waals surface area contributed by atoms with Gasteiger partial charge in [0.2, 0.25) is 0 Å². The molecule has 1 saturated heterocycles.